The number of methoxy groups -OCH3 is 1. The van der Waals surface area contributed by atoms with Gasteiger partial charge in [0.2, 0.25) is 11.8 Å². The van der Waals surface area contributed by atoms with Crippen molar-refractivity contribution >= 4 is 11.8 Å². The van der Waals surface area contributed by atoms with Crippen LogP contribution in [0.1, 0.15) is 32.1 Å². The van der Waals surface area contributed by atoms with Crippen LogP contribution in [0.5, 0.6) is 0 Å². The Morgan fingerprint density at radius 2 is 1.90 bits per heavy atom. The Kier molecular flexibility index (Phi) is 6.45. The van der Waals surface area contributed by atoms with E-state index < -0.39 is 0 Å². The summed E-state index contributed by atoms with van der Waals surface area (Å²) in [5.41, 5.74) is 0. The van der Waals surface area contributed by atoms with Crippen LogP contribution in [-0.4, -0.2) is 62.8 Å². The second-order valence-electron chi connectivity index (χ2n) is 5.81. The third-order valence-corrected chi connectivity index (χ3v) is 4.29. The number of piperazine rings is 1. The van der Waals surface area contributed by atoms with E-state index >= 15 is 0 Å². The van der Waals surface area contributed by atoms with Gasteiger partial charge in [0.05, 0.1) is 26.4 Å². The lowest BCUT2D eigenvalue weighted by molar-refractivity contribution is -0.147. The van der Waals surface area contributed by atoms with Crippen LogP contribution < -0.4 is 5.32 Å². The molecule has 2 fully saturated rings. The summed E-state index contributed by atoms with van der Waals surface area (Å²) < 4.78 is 10.3. The Morgan fingerprint density at radius 3 is 2.62 bits per heavy atom. The highest BCUT2D eigenvalue weighted by atomic mass is 16.5. The monoisotopic (exact) mass is 298 g/mol. The number of ether oxygens (including phenoxy) is 2. The Hall–Kier alpha value is -1.14. The van der Waals surface area contributed by atoms with Crippen molar-refractivity contribution < 1.29 is 19.1 Å². The van der Waals surface area contributed by atoms with Crippen molar-refractivity contribution in [3.05, 3.63) is 0 Å². The smallest absolute Gasteiger partial charge is 0.245 e. The average molecular weight is 298 g/mol. The summed E-state index contributed by atoms with van der Waals surface area (Å²) >= 11 is 0. The molecule has 1 saturated carbocycles. The third kappa shape index (κ3) is 4.68. The number of rotatable bonds is 7. The minimum Gasteiger partial charge on any atom is -0.382 e. The van der Waals surface area contributed by atoms with Crippen molar-refractivity contribution in [2.75, 3.05) is 40.0 Å². The molecule has 1 atom stereocenters. The predicted molar refractivity (Wildman–Crippen MR) is 77.8 cm³/mol. The molecule has 1 heterocycles. The van der Waals surface area contributed by atoms with Gasteiger partial charge in [0.1, 0.15) is 6.04 Å². The number of carbonyl (C=O) groups is 2. The van der Waals surface area contributed by atoms with Crippen molar-refractivity contribution in [1.82, 2.24) is 10.2 Å². The third-order valence-electron chi connectivity index (χ3n) is 4.29. The number of hydrogen-bond acceptors (Lipinski definition) is 4. The van der Waals surface area contributed by atoms with E-state index in [0.717, 1.165) is 25.7 Å². The molecule has 1 aliphatic carbocycles. The molecule has 0 aromatic heterocycles. The molecule has 1 N–H and O–H groups in total. The van der Waals surface area contributed by atoms with E-state index in [1.54, 1.807) is 12.0 Å². The lowest BCUT2D eigenvalue weighted by Crippen LogP contribution is -2.61. The highest BCUT2D eigenvalue weighted by Gasteiger charge is 2.37. The first-order valence-electron chi connectivity index (χ1n) is 7.87. The lowest BCUT2D eigenvalue weighted by atomic mass is 9.82. The van der Waals surface area contributed by atoms with Crippen LogP contribution in [-0.2, 0) is 19.1 Å². The van der Waals surface area contributed by atoms with Crippen molar-refractivity contribution in [3.63, 3.8) is 0 Å². The van der Waals surface area contributed by atoms with Gasteiger partial charge in [-0.15, -0.1) is 0 Å². The fraction of sp³-hybridized carbons (Fsp3) is 0.867. The molecule has 21 heavy (non-hydrogen) atoms. The SMILES string of the molecule is COCCOCCN1CC(=O)NC(C2CCCCC2)C1=O. The van der Waals surface area contributed by atoms with Crippen LogP contribution in [0.3, 0.4) is 0 Å². The number of carbonyl (C=O) groups excluding carboxylic acids is 2. The molecule has 2 rings (SSSR count). The largest absolute Gasteiger partial charge is 0.382 e. The maximum Gasteiger partial charge on any atom is 0.245 e. The van der Waals surface area contributed by atoms with Gasteiger partial charge in [0.25, 0.3) is 0 Å². The fourth-order valence-electron chi connectivity index (χ4n) is 3.12. The van der Waals surface area contributed by atoms with Gasteiger partial charge in [-0.2, -0.15) is 0 Å². The molecule has 0 spiro atoms. The van der Waals surface area contributed by atoms with Crippen LogP contribution in [0.2, 0.25) is 0 Å². The Balaban J connectivity index is 1.83. The van der Waals surface area contributed by atoms with E-state index in [2.05, 4.69) is 5.32 Å². The second-order valence-corrected chi connectivity index (χ2v) is 5.81. The molecule has 2 amide bonds. The van der Waals surface area contributed by atoms with Crippen LogP contribution in [0.4, 0.5) is 0 Å². The van der Waals surface area contributed by atoms with Crippen LogP contribution in [0, 0.1) is 5.92 Å². The van der Waals surface area contributed by atoms with Gasteiger partial charge in [-0.25, -0.2) is 0 Å². The van der Waals surface area contributed by atoms with E-state index in [9.17, 15) is 9.59 Å². The summed E-state index contributed by atoms with van der Waals surface area (Å²) in [4.78, 5) is 26.0. The van der Waals surface area contributed by atoms with E-state index in [0.29, 0.717) is 32.3 Å². The normalized spacial score (nSPS) is 24.2. The van der Waals surface area contributed by atoms with Gasteiger partial charge in [-0.3, -0.25) is 9.59 Å². The van der Waals surface area contributed by atoms with Gasteiger partial charge in [0.15, 0.2) is 0 Å². The van der Waals surface area contributed by atoms with E-state index in [4.69, 9.17) is 9.47 Å². The molecule has 0 bridgehead atoms. The van der Waals surface area contributed by atoms with Gasteiger partial charge in [-0.1, -0.05) is 19.3 Å². The number of amides is 2. The van der Waals surface area contributed by atoms with Crippen molar-refractivity contribution in [2.45, 2.75) is 38.1 Å². The molecule has 2 aliphatic rings. The first kappa shape index (κ1) is 16.2. The molecule has 0 aromatic carbocycles. The molecule has 1 saturated heterocycles. The van der Waals surface area contributed by atoms with Gasteiger partial charge in [0, 0.05) is 13.7 Å². The summed E-state index contributed by atoms with van der Waals surface area (Å²) in [6.07, 6.45) is 5.63. The Morgan fingerprint density at radius 1 is 1.14 bits per heavy atom. The van der Waals surface area contributed by atoms with Crippen molar-refractivity contribution in [1.29, 1.82) is 0 Å². The fourth-order valence-corrected chi connectivity index (χ4v) is 3.12. The average Bonchev–Trinajstić information content (AvgIpc) is 2.51. The van der Waals surface area contributed by atoms with Gasteiger partial charge >= 0.3 is 0 Å². The van der Waals surface area contributed by atoms with E-state index in [1.165, 1.54) is 6.42 Å². The summed E-state index contributed by atoms with van der Waals surface area (Å²) in [5.74, 6) is 0.298. The molecule has 0 aromatic rings. The molecular formula is C15H26N2O4. The highest BCUT2D eigenvalue weighted by Crippen LogP contribution is 2.28. The minimum atomic E-state index is -0.328. The molecule has 1 aliphatic heterocycles. The first-order chi connectivity index (χ1) is 10.2. The van der Waals surface area contributed by atoms with Crippen molar-refractivity contribution in [2.24, 2.45) is 5.92 Å². The Labute approximate surface area is 126 Å². The standard InChI is InChI=1S/C15H26N2O4/c1-20-9-10-21-8-7-17-11-13(18)16-14(15(17)19)12-5-3-2-4-6-12/h12,14H,2-11H2,1H3,(H,16,18). The van der Waals surface area contributed by atoms with E-state index in [1.807, 2.05) is 0 Å². The maximum atomic E-state index is 12.5. The van der Waals surface area contributed by atoms with Crippen LogP contribution in [0.15, 0.2) is 0 Å². The first-order valence-corrected chi connectivity index (χ1v) is 7.87. The van der Waals surface area contributed by atoms with Gasteiger partial charge in [-0.05, 0) is 18.8 Å². The molecule has 0 radical (unpaired) electrons. The van der Waals surface area contributed by atoms with E-state index in [-0.39, 0.29) is 24.4 Å². The summed E-state index contributed by atoms with van der Waals surface area (Å²) in [6.45, 7) is 2.12. The molecule has 120 valence electrons. The highest BCUT2D eigenvalue weighted by molar-refractivity contribution is 5.95. The number of hydrogen-bond donors (Lipinski definition) is 1. The zero-order valence-electron chi connectivity index (χ0n) is 12.8. The molecule has 6 heteroatoms. The minimum absolute atomic E-state index is 0.0526. The topological polar surface area (TPSA) is 67.9 Å². The molecule has 1 unspecified atom stereocenters. The van der Waals surface area contributed by atoms with Crippen molar-refractivity contribution in [3.8, 4) is 0 Å². The maximum absolute atomic E-state index is 12.5. The van der Waals surface area contributed by atoms with Crippen LogP contribution in [0.25, 0.3) is 0 Å². The Bertz CT molecular complexity index is 356. The number of nitrogens with zero attached hydrogens (tertiary/aromatic N) is 1. The van der Waals surface area contributed by atoms with Crippen LogP contribution >= 0.6 is 0 Å². The number of nitrogens with one attached hydrogen (secondary N) is 1. The molecular weight excluding hydrogens is 272 g/mol. The zero-order valence-corrected chi connectivity index (χ0v) is 12.8. The zero-order chi connectivity index (χ0) is 15.1. The summed E-state index contributed by atoms with van der Waals surface area (Å²) in [5, 5.41) is 2.89. The molecule has 6 nitrogen and oxygen atoms in total. The summed E-state index contributed by atoms with van der Waals surface area (Å²) in [6, 6.07) is -0.328. The summed E-state index contributed by atoms with van der Waals surface area (Å²) in [7, 11) is 1.62. The second kappa shape index (κ2) is 8.34. The quantitative estimate of drug-likeness (QED) is 0.697. The van der Waals surface area contributed by atoms with Gasteiger partial charge < -0.3 is 19.7 Å². The predicted octanol–water partition coefficient (Wildman–Crippen LogP) is 0.557. The lowest BCUT2D eigenvalue weighted by Gasteiger charge is -2.37.